The van der Waals surface area contributed by atoms with Gasteiger partial charge in [-0.05, 0) is 30.5 Å². The van der Waals surface area contributed by atoms with Gasteiger partial charge in [0, 0.05) is 25.7 Å². The van der Waals surface area contributed by atoms with Crippen LogP contribution < -0.4 is 10.2 Å². The summed E-state index contributed by atoms with van der Waals surface area (Å²) in [4.78, 5) is 26.7. The molecule has 2 heterocycles. The minimum Gasteiger partial charge on any atom is -0.312 e. The third-order valence-electron chi connectivity index (χ3n) is 4.86. The lowest BCUT2D eigenvalue weighted by atomic mass is 10.1. The first kappa shape index (κ1) is 18.6. The molecule has 27 heavy (non-hydrogen) atoms. The number of aryl methyl sites for hydroxylation is 2. The van der Waals surface area contributed by atoms with Crippen LogP contribution in [0.5, 0.6) is 0 Å². The molecule has 2 aromatic rings. The molecule has 140 valence electrons. The van der Waals surface area contributed by atoms with Gasteiger partial charge in [0.1, 0.15) is 17.5 Å². The molecule has 3 rings (SSSR count). The number of carbonyl (C=O) groups is 2. The average Bonchev–Trinajstić information content (AvgIpc) is 3.23. The Labute approximate surface area is 158 Å². The van der Waals surface area contributed by atoms with Gasteiger partial charge >= 0.3 is 0 Å². The van der Waals surface area contributed by atoms with Gasteiger partial charge in [0.05, 0.1) is 12.1 Å². The van der Waals surface area contributed by atoms with E-state index in [-0.39, 0.29) is 18.2 Å². The van der Waals surface area contributed by atoms with E-state index in [9.17, 15) is 9.59 Å². The molecule has 1 atom stereocenters. The summed E-state index contributed by atoms with van der Waals surface area (Å²) in [6.07, 6.45) is 4.88. The molecule has 0 bridgehead atoms. The molecule has 1 N–H and O–H groups in total. The monoisotopic (exact) mass is 365 g/mol. The Kier molecular flexibility index (Phi) is 5.55. The minimum atomic E-state index is -0.460. The van der Waals surface area contributed by atoms with Crippen molar-refractivity contribution in [2.45, 2.75) is 32.6 Å². The van der Waals surface area contributed by atoms with Crippen LogP contribution in [0.4, 0.5) is 11.5 Å². The maximum Gasteiger partial charge on any atom is 0.230 e. The zero-order valence-corrected chi connectivity index (χ0v) is 15.6. The van der Waals surface area contributed by atoms with Gasteiger partial charge in [-0.1, -0.05) is 25.5 Å². The van der Waals surface area contributed by atoms with Gasteiger partial charge in [-0.25, -0.2) is 0 Å². The molecule has 0 saturated carbocycles. The molecule has 1 saturated heterocycles. The van der Waals surface area contributed by atoms with E-state index in [0.717, 1.165) is 24.9 Å². The zero-order valence-electron chi connectivity index (χ0n) is 15.6. The second-order valence-corrected chi connectivity index (χ2v) is 6.81. The van der Waals surface area contributed by atoms with Crippen LogP contribution >= 0.6 is 0 Å². The Balaban J connectivity index is 1.67. The van der Waals surface area contributed by atoms with Gasteiger partial charge in [0.25, 0.3) is 0 Å². The Bertz CT molecular complexity index is 879. The molecule has 1 aromatic heterocycles. The second-order valence-electron chi connectivity index (χ2n) is 6.81. The number of hydrogen-bond donors (Lipinski definition) is 1. The zero-order chi connectivity index (χ0) is 19.4. The average molecular weight is 365 g/mol. The topological polar surface area (TPSA) is 91.0 Å². The van der Waals surface area contributed by atoms with E-state index in [4.69, 9.17) is 5.26 Å². The van der Waals surface area contributed by atoms with Crippen molar-refractivity contribution in [3.63, 3.8) is 0 Å². The Morgan fingerprint density at radius 1 is 1.37 bits per heavy atom. The van der Waals surface area contributed by atoms with E-state index < -0.39 is 5.92 Å². The molecule has 1 unspecified atom stereocenters. The van der Waals surface area contributed by atoms with Crippen LogP contribution in [0.25, 0.3) is 0 Å². The van der Waals surface area contributed by atoms with Crippen molar-refractivity contribution in [2.24, 2.45) is 13.0 Å². The largest absolute Gasteiger partial charge is 0.312 e. The van der Waals surface area contributed by atoms with Crippen molar-refractivity contribution >= 4 is 23.3 Å². The SMILES string of the molecule is CCCCc1ccc(N2CC(C(=O)Nc3c(C#N)cnn3C)CC2=O)cc1. The molecule has 0 spiro atoms. The maximum atomic E-state index is 12.6. The van der Waals surface area contributed by atoms with E-state index in [0.29, 0.717) is 17.9 Å². The highest BCUT2D eigenvalue weighted by atomic mass is 16.2. The Morgan fingerprint density at radius 3 is 2.78 bits per heavy atom. The number of anilines is 2. The quantitative estimate of drug-likeness (QED) is 0.852. The molecule has 0 aliphatic carbocycles. The van der Waals surface area contributed by atoms with Gasteiger partial charge in [-0.2, -0.15) is 10.4 Å². The number of amides is 2. The molecule has 7 heteroatoms. The molecule has 1 fully saturated rings. The summed E-state index contributed by atoms with van der Waals surface area (Å²) < 4.78 is 1.44. The molecule has 7 nitrogen and oxygen atoms in total. The highest BCUT2D eigenvalue weighted by Crippen LogP contribution is 2.27. The number of nitriles is 1. The fourth-order valence-electron chi connectivity index (χ4n) is 3.24. The summed E-state index contributed by atoms with van der Waals surface area (Å²) in [5, 5.41) is 15.8. The van der Waals surface area contributed by atoms with Crippen molar-refractivity contribution in [2.75, 3.05) is 16.8 Å². The van der Waals surface area contributed by atoms with Gasteiger partial charge in [-0.15, -0.1) is 0 Å². The number of carbonyl (C=O) groups excluding carboxylic acids is 2. The third kappa shape index (κ3) is 4.00. The predicted molar refractivity (Wildman–Crippen MR) is 102 cm³/mol. The van der Waals surface area contributed by atoms with Gasteiger partial charge in [0.15, 0.2) is 0 Å². The third-order valence-corrected chi connectivity index (χ3v) is 4.86. The maximum absolute atomic E-state index is 12.6. The summed E-state index contributed by atoms with van der Waals surface area (Å²) in [6.45, 7) is 2.49. The number of rotatable bonds is 6. The smallest absolute Gasteiger partial charge is 0.230 e. The van der Waals surface area contributed by atoms with Crippen LogP contribution in [-0.2, 0) is 23.1 Å². The molecule has 1 aromatic carbocycles. The number of nitrogens with one attached hydrogen (secondary N) is 1. The lowest BCUT2D eigenvalue weighted by Crippen LogP contribution is -2.28. The van der Waals surface area contributed by atoms with Gasteiger partial charge in [0.2, 0.25) is 11.8 Å². The summed E-state index contributed by atoms with van der Waals surface area (Å²) in [6, 6.07) is 9.97. The summed E-state index contributed by atoms with van der Waals surface area (Å²) in [7, 11) is 1.66. The molecular weight excluding hydrogens is 342 g/mol. The Morgan fingerprint density at radius 2 is 2.11 bits per heavy atom. The normalized spacial score (nSPS) is 16.4. The molecule has 1 aliphatic heterocycles. The van der Waals surface area contributed by atoms with E-state index >= 15 is 0 Å². The van der Waals surface area contributed by atoms with E-state index in [2.05, 4.69) is 17.3 Å². The lowest BCUT2D eigenvalue weighted by Gasteiger charge is -2.17. The second kappa shape index (κ2) is 8.04. The van der Waals surface area contributed by atoms with Crippen molar-refractivity contribution in [3.05, 3.63) is 41.6 Å². The van der Waals surface area contributed by atoms with Crippen molar-refractivity contribution < 1.29 is 9.59 Å². The van der Waals surface area contributed by atoms with Crippen LogP contribution in [0.1, 0.15) is 37.3 Å². The minimum absolute atomic E-state index is 0.0676. The van der Waals surface area contributed by atoms with E-state index in [1.807, 2.05) is 30.3 Å². The molecule has 1 aliphatic rings. The lowest BCUT2D eigenvalue weighted by molar-refractivity contribution is -0.122. The fourth-order valence-corrected chi connectivity index (χ4v) is 3.24. The first-order chi connectivity index (χ1) is 13.0. The fraction of sp³-hybridized carbons (Fsp3) is 0.400. The van der Waals surface area contributed by atoms with Crippen LogP contribution in [0.3, 0.4) is 0 Å². The first-order valence-corrected chi connectivity index (χ1v) is 9.15. The van der Waals surface area contributed by atoms with Crippen molar-refractivity contribution in [1.82, 2.24) is 9.78 Å². The van der Waals surface area contributed by atoms with Crippen LogP contribution in [-0.4, -0.2) is 28.1 Å². The summed E-state index contributed by atoms with van der Waals surface area (Å²) in [5.41, 5.74) is 2.37. The van der Waals surface area contributed by atoms with Crippen molar-refractivity contribution in [1.29, 1.82) is 5.26 Å². The number of nitrogens with zero attached hydrogens (tertiary/aromatic N) is 4. The number of benzene rings is 1. The molecule has 0 radical (unpaired) electrons. The summed E-state index contributed by atoms with van der Waals surface area (Å²) >= 11 is 0. The van der Waals surface area contributed by atoms with E-state index in [1.165, 1.54) is 16.4 Å². The summed E-state index contributed by atoms with van der Waals surface area (Å²) in [5.74, 6) is -0.445. The van der Waals surface area contributed by atoms with Gasteiger partial charge in [-0.3, -0.25) is 14.3 Å². The van der Waals surface area contributed by atoms with Gasteiger partial charge < -0.3 is 10.2 Å². The van der Waals surface area contributed by atoms with E-state index in [1.54, 1.807) is 11.9 Å². The number of aromatic nitrogens is 2. The first-order valence-electron chi connectivity index (χ1n) is 9.15. The molecular formula is C20H23N5O2. The predicted octanol–water partition coefficient (Wildman–Crippen LogP) is 2.63. The number of hydrogen-bond acceptors (Lipinski definition) is 4. The van der Waals surface area contributed by atoms with Crippen LogP contribution in [0.15, 0.2) is 30.5 Å². The Hall–Kier alpha value is -3.14. The van der Waals surface area contributed by atoms with Crippen LogP contribution in [0, 0.1) is 17.2 Å². The molecule has 2 amide bonds. The highest BCUT2D eigenvalue weighted by molar-refractivity contribution is 6.03. The number of unbranched alkanes of at least 4 members (excludes halogenated alkanes) is 1. The van der Waals surface area contributed by atoms with Crippen molar-refractivity contribution in [3.8, 4) is 6.07 Å². The van der Waals surface area contributed by atoms with Crippen LogP contribution in [0.2, 0.25) is 0 Å². The highest BCUT2D eigenvalue weighted by Gasteiger charge is 2.35. The standard InChI is InChI=1S/C20H23N5O2/c1-3-4-5-14-6-8-17(9-7-14)25-13-15(10-18(25)26)20(27)23-19-16(11-21)12-22-24(19)2/h6-9,12,15H,3-5,10,13H2,1-2H3,(H,23,27).